The lowest BCUT2D eigenvalue weighted by Crippen LogP contribution is -2.39. The number of aliphatic carboxylic acids is 1. The topological polar surface area (TPSA) is 75.6 Å². The first kappa shape index (κ1) is 17.5. The molecule has 0 aliphatic carbocycles. The number of halogens is 1. The van der Waals surface area contributed by atoms with Crippen molar-refractivity contribution < 1.29 is 23.8 Å². The van der Waals surface area contributed by atoms with E-state index >= 15 is 0 Å². The molecule has 2 N–H and O–H groups in total. The van der Waals surface area contributed by atoms with Gasteiger partial charge in [-0.15, -0.1) is 0 Å². The van der Waals surface area contributed by atoms with Crippen molar-refractivity contribution in [2.75, 3.05) is 0 Å². The molecule has 0 aliphatic heterocycles. The molecule has 2 rings (SSSR count). The molecule has 2 aromatic carbocycles. The highest BCUT2D eigenvalue weighted by Gasteiger charge is 2.22. The fraction of sp³-hybridized carbons (Fsp3) is 0.222. The number of para-hydroxylation sites is 1. The number of hydrogen-bond donors (Lipinski definition) is 2. The lowest BCUT2D eigenvalue weighted by atomic mass is 10.0. The fourth-order valence-corrected chi connectivity index (χ4v) is 2.17. The summed E-state index contributed by atoms with van der Waals surface area (Å²) in [5.41, 5.74) is 0.513. The van der Waals surface area contributed by atoms with E-state index in [2.05, 4.69) is 5.32 Å². The molecule has 0 fully saturated rings. The highest BCUT2D eigenvalue weighted by molar-refractivity contribution is 5.82. The van der Waals surface area contributed by atoms with E-state index in [9.17, 15) is 14.0 Å². The van der Waals surface area contributed by atoms with Gasteiger partial charge in [0.05, 0.1) is 12.5 Å². The van der Waals surface area contributed by atoms with Gasteiger partial charge >= 0.3 is 5.97 Å². The Morgan fingerprint density at radius 1 is 1.12 bits per heavy atom. The van der Waals surface area contributed by atoms with Crippen LogP contribution in [-0.2, 0) is 9.59 Å². The van der Waals surface area contributed by atoms with E-state index in [-0.39, 0.29) is 6.42 Å². The number of carboxylic acids is 1. The van der Waals surface area contributed by atoms with Gasteiger partial charge in [0.25, 0.3) is 5.91 Å². The highest BCUT2D eigenvalue weighted by atomic mass is 19.1. The summed E-state index contributed by atoms with van der Waals surface area (Å²) in [4.78, 5) is 23.3. The van der Waals surface area contributed by atoms with Crippen LogP contribution < -0.4 is 10.1 Å². The van der Waals surface area contributed by atoms with Gasteiger partial charge in [-0.05, 0) is 36.8 Å². The SMILES string of the molecule is C[C@@H](Oc1ccccc1)C(=O)N[C@H](CC(=O)O)c1ccc(F)cc1. The quantitative estimate of drug-likeness (QED) is 0.818. The molecule has 126 valence electrons. The number of amides is 1. The smallest absolute Gasteiger partial charge is 0.305 e. The summed E-state index contributed by atoms with van der Waals surface area (Å²) in [5, 5.41) is 11.7. The first-order valence-corrected chi connectivity index (χ1v) is 7.45. The van der Waals surface area contributed by atoms with E-state index in [4.69, 9.17) is 9.84 Å². The van der Waals surface area contributed by atoms with Gasteiger partial charge in [-0.25, -0.2) is 4.39 Å². The fourth-order valence-electron chi connectivity index (χ4n) is 2.17. The number of benzene rings is 2. The molecule has 0 bridgehead atoms. The van der Waals surface area contributed by atoms with Crippen molar-refractivity contribution in [3.8, 4) is 5.75 Å². The van der Waals surface area contributed by atoms with Gasteiger partial charge in [0.2, 0.25) is 0 Å². The summed E-state index contributed by atoms with van der Waals surface area (Å²) in [7, 11) is 0. The van der Waals surface area contributed by atoms with Crippen molar-refractivity contribution in [3.05, 3.63) is 66.0 Å². The lowest BCUT2D eigenvalue weighted by molar-refractivity contribution is -0.138. The Bertz CT molecular complexity index is 688. The van der Waals surface area contributed by atoms with E-state index < -0.39 is 29.8 Å². The van der Waals surface area contributed by atoms with Crippen LogP contribution in [0.3, 0.4) is 0 Å². The van der Waals surface area contributed by atoms with Gasteiger partial charge in [-0.2, -0.15) is 0 Å². The minimum Gasteiger partial charge on any atom is -0.481 e. The first-order valence-electron chi connectivity index (χ1n) is 7.45. The van der Waals surface area contributed by atoms with E-state index in [1.807, 2.05) is 6.07 Å². The zero-order valence-corrected chi connectivity index (χ0v) is 13.1. The van der Waals surface area contributed by atoms with E-state index in [1.165, 1.54) is 24.3 Å². The Kier molecular flexibility index (Phi) is 5.89. The monoisotopic (exact) mass is 331 g/mol. The molecule has 0 heterocycles. The summed E-state index contributed by atoms with van der Waals surface area (Å²) >= 11 is 0. The van der Waals surface area contributed by atoms with Crippen molar-refractivity contribution >= 4 is 11.9 Å². The molecule has 5 nitrogen and oxygen atoms in total. The average molecular weight is 331 g/mol. The highest BCUT2D eigenvalue weighted by Crippen LogP contribution is 2.18. The second-order valence-electron chi connectivity index (χ2n) is 5.28. The Morgan fingerprint density at radius 2 is 1.75 bits per heavy atom. The Balaban J connectivity index is 2.06. The summed E-state index contributed by atoms with van der Waals surface area (Å²) in [6, 6.07) is 13.4. The molecule has 0 aliphatic rings. The van der Waals surface area contributed by atoms with Crippen molar-refractivity contribution in [2.45, 2.75) is 25.5 Å². The van der Waals surface area contributed by atoms with Gasteiger partial charge in [0, 0.05) is 0 Å². The second-order valence-corrected chi connectivity index (χ2v) is 5.28. The number of rotatable bonds is 7. The van der Waals surface area contributed by atoms with Crippen LogP contribution in [0.25, 0.3) is 0 Å². The average Bonchev–Trinajstić information content (AvgIpc) is 2.55. The van der Waals surface area contributed by atoms with Crippen LogP contribution in [0.1, 0.15) is 24.9 Å². The van der Waals surface area contributed by atoms with Gasteiger partial charge < -0.3 is 15.2 Å². The number of carbonyl (C=O) groups is 2. The van der Waals surface area contributed by atoms with E-state index in [1.54, 1.807) is 31.2 Å². The minimum atomic E-state index is -1.07. The summed E-state index contributed by atoms with van der Waals surface area (Å²) in [5.74, 6) is -1.41. The molecule has 2 atom stereocenters. The molecular formula is C18H18FNO4. The van der Waals surface area contributed by atoms with Gasteiger partial charge in [0.1, 0.15) is 11.6 Å². The third-order valence-electron chi connectivity index (χ3n) is 3.39. The van der Waals surface area contributed by atoms with Crippen LogP contribution in [0, 0.1) is 5.82 Å². The van der Waals surface area contributed by atoms with E-state index in [0.29, 0.717) is 11.3 Å². The number of carboxylic acid groups (broad SMARTS) is 1. The standard InChI is InChI=1S/C18H18FNO4/c1-12(24-15-5-3-2-4-6-15)18(23)20-16(11-17(21)22)13-7-9-14(19)10-8-13/h2-10,12,16H,11H2,1H3,(H,20,23)(H,21,22)/t12-,16-/m1/s1. The maximum absolute atomic E-state index is 13.0. The number of hydrogen-bond acceptors (Lipinski definition) is 3. The molecule has 0 saturated carbocycles. The van der Waals surface area contributed by atoms with Gasteiger partial charge in [0.15, 0.2) is 6.10 Å². The van der Waals surface area contributed by atoms with Crippen molar-refractivity contribution in [2.24, 2.45) is 0 Å². The van der Waals surface area contributed by atoms with Crippen LogP contribution in [0.5, 0.6) is 5.75 Å². The molecular weight excluding hydrogens is 313 g/mol. The molecule has 0 radical (unpaired) electrons. The lowest BCUT2D eigenvalue weighted by Gasteiger charge is -2.21. The summed E-state index contributed by atoms with van der Waals surface area (Å²) in [6.45, 7) is 1.57. The van der Waals surface area contributed by atoms with Crippen LogP contribution in [0.15, 0.2) is 54.6 Å². The Hall–Kier alpha value is -2.89. The molecule has 0 saturated heterocycles. The second kappa shape index (κ2) is 8.10. The molecule has 0 unspecified atom stereocenters. The molecule has 24 heavy (non-hydrogen) atoms. The van der Waals surface area contributed by atoms with Crippen molar-refractivity contribution in [1.82, 2.24) is 5.32 Å². The van der Waals surface area contributed by atoms with Crippen LogP contribution in [0.4, 0.5) is 4.39 Å². The number of ether oxygens (including phenoxy) is 1. The Morgan fingerprint density at radius 3 is 2.33 bits per heavy atom. The normalized spacial score (nSPS) is 12.9. The zero-order chi connectivity index (χ0) is 17.5. The van der Waals surface area contributed by atoms with Crippen molar-refractivity contribution in [1.29, 1.82) is 0 Å². The maximum Gasteiger partial charge on any atom is 0.305 e. The Labute approximate surface area is 139 Å². The number of carbonyl (C=O) groups excluding carboxylic acids is 1. The molecule has 0 spiro atoms. The first-order chi connectivity index (χ1) is 11.5. The largest absolute Gasteiger partial charge is 0.481 e. The zero-order valence-electron chi connectivity index (χ0n) is 13.1. The molecule has 2 aromatic rings. The predicted molar refractivity (Wildman–Crippen MR) is 86.1 cm³/mol. The third kappa shape index (κ3) is 5.08. The molecule has 6 heteroatoms. The van der Waals surface area contributed by atoms with Crippen LogP contribution in [-0.4, -0.2) is 23.1 Å². The number of nitrogens with one attached hydrogen (secondary N) is 1. The maximum atomic E-state index is 13.0. The summed E-state index contributed by atoms with van der Waals surface area (Å²) in [6.07, 6.45) is -1.11. The van der Waals surface area contributed by atoms with Crippen molar-refractivity contribution in [3.63, 3.8) is 0 Å². The van der Waals surface area contributed by atoms with Crippen LogP contribution in [0.2, 0.25) is 0 Å². The molecule has 1 amide bonds. The summed E-state index contributed by atoms with van der Waals surface area (Å²) < 4.78 is 18.5. The molecule has 0 aromatic heterocycles. The third-order valence-corrected chi connectivity index (χ3v) is 3.39. The van der Waals surface area contributed by atoms with E-state index in [0.717, 1.165) is 0 Å². The van der Waals surface area contributed by atoms with Gasteiger partial charge in [-0.3, -0.25) is 9.59 Å². The minimum absolute atomic E-state index is 0.310. The predicted octanol–water partition coefficient (Wildman–Crippen LogP) is 2.93. The van der Waals surface area contributed by atoms with Gasteiger partial charge in [-0.1, -0.05) is 30.3 Å². The van der Waals surface area contributed by atoms with Crippen LogP contribution >= 0.6 is 0 Å².